The Balaban J connectivity index is 3.47. The fourth-order valence-corrected chi connectivity index (χ4v) is 3.64. The second kappa shape index (κ2) is 9.10. The minimum atomic E-state index is -6.87. The van der Waals surface area contributed by atoms with Gasteiger partial charge >= 0.3 is 24.7 Å². The molecule has 2 aromatic rings. The number of hydrogen-bond acceptors (Lipinski definition) is 0. The van der Waals surface area contributed by atoms with Crippen LogP contribution < -0.4 is 0 Å². The molecule has 2 aromatic carbocycles. The lowest BCUT2D eigenvalue weighted by Gasteiger charge is -2.33. The SMILES string of the molecule is CCC(F)(c1c(F)c(F)c(F)c(C(F)(F)F)c1C(F)(F)F)c1c(F)c(F)c(F)c(C(F)(F)F)c1C(F)(F)F. The van der Waals surface area contributed by atoms with Crippen LogP contribution in [0.2, 0.25) is 0 Å². The highest BCUT2D eigenvalue weighted by Crippen LogP contribution is 2.55. The summed E-state index contributed by atoms with van der Waals surface area (Å²) in [5.74, 6) is -22.0. The summed E-state index contributed by atoms with van der Waals surface area (Å²) in [4.78, 5) is 0. The van der Waals surface area contributed by atoms with Gasteiger partial charge in [0.15, 0.2) is 40.6 Å². The molecule has 38 heavy (non-hydrogen) atoms. The zero-order chi connectivity index (χ0) is 30.1. The van der Waals surface area contributed by atoms with E-state index in [1.165, 1.54) is 0 Å². The highest BCUT2D eigenvalue weighted by atomic mass is 19.4. The molecule has 0 nitrogen and oxygen atoms in total. The molecular formula is C19H5F19. The van der Waals surface area contributed by atoms with Crippen molar-refractivity contribution in [2.45, 2.75) is 43.7 Å². The number of rotatable bonds is 3. The van der Waals surface area contributed by atoms with Crippen molar-refractivity contribution in [3.63, 3.8) is 0 Å². The van der Waals surface area contributed by atoms with E-state index in [2.05, 4.69) is 0 Å². The van der Waals surface area contributed by atoms with E-state index in [-0.39, 0.29) is 6.92 Å². The molecule has 0 N–H and O–H groups in total. The van der Waals surface area contributed by atoms with Gasteiger partial charge in [-0.05, 0) is 6.42 Å². The van der Waals surface area contributed by atoms with E-state index < -0.39 is 105 Å². The first-order valence-electron chi connectivity index (χ1n) is 9.15. The first-order valence-corrected chi connectivity index (χ1v) is 9.15. The fraction of sp³-hybridized carbons (Fsp3) is 0.368. The summed E-state index contributed by atoms with van der Waals surface area (Å²) in [5.41, 5.74) is -28.5. The fourth-order valence-electron chi connectivity index (χ4n) is 3.64. The van der Waals surface area contributed by atoms with Crippen LogP contribution in [0.4, 0.5) is 83.4 Å². The molecule has 0 saturated heterocycles. The topological polar surface area (TPSA) is 0 Å². The average Bonchev–Trinajstić information content (AvgIpc) is 2.71. The molecule has 19 heteroatoms. The van der Waals surface area contributed by atoms with Crippen molar-refractivity contribution in [2.24, 2.45) is 0 Å². The maximum Gasteiger partial charge on any atom is 0.419 e. The summed E-state index contributed by atoms with van der Waals surface area (Å²) in [6, 6.07) is 0. The molecule has 0 spiro atoms. The largest absolute Gasteiger partial charge is 0.419 e. The molecule has 0 heterocycles. The maximum atomic E-state index is 16.1. The van der Waals surface area contributed by atoms with Crippen molar-refractivity contribution in [2.75, 3.05) is 0 Å². The molecule has 0 atom stereocenters. The van der Waals surface area contributed by atoms with Crippen LogP contribution in [0.25, 0.3) is 0 Å². The average molecular weight is 594 g/mol. The van der Waals surface area contributed by atoms with Crippen molar-refractivity contribution in [1.29, 1.82) is 0 Å². The van der Waals surface area contributed by atoms with Gasteiger partial charge in [0.25, 0.3) is 0 Å². The Morgan fingerprint density at radius 3 is 0.737 bits per heavy atom. The summed E-state index contributed by atoms with van der Waals surface area (Å²) in [6.45, 7) is -0.0117. The second-order valence-corrected chi connectivity index (χ2v) is 7.28. The van der Waals surface area contributed by atoms with Crippen molar-refractivity contribution in [3.8, 4) is 0 Å². The van der Waals surface area contributed by atoms with Crippen molar-refractivity contribution in [1.82, 2.24) is 0 Å². The standard InChI is InChI=1S/C19H5F19/c1-2-15(26,5-3(16(27,28)29)7(18(33,34)35)11(22)13(24)9(5)20)6-4(17(30,31)32)8(19(36,37)38)12(23)14(25)10(6)21/h2H2,1H3. The number of hydrogen-bond donors (Lipinski definition) is 0. The van der Waals surface area contributed by atoms with Crippen LogP contribution in [-0.2, 0) is 30.4 Å². The minimum absolute atomic E-state index is 0.0117. The second-order valence-electron chi connectivity index (χ2n) is 7.28. The Morgan fingerprint density at radius 2 is 0.553 bits per heavy atom. The Hall–Kier alpha value is -2.89. The summed E-state index contributed by atoms with van der Waals surface area (Å²) in [5, 5.41) is 0. The zero-order valence-corrected chi connectivity index (χ0v) is 17.4. The summed E-state index contributed by atoms with van der Waals surface area (Å²) < 4.78 is 262. The maximum absolute atomic E-state index is 16.1. The van der Waals surface area contributed by atoms with E-state index in [1.807, 2.05) is 0 Å². The first-order chi connectivity index (χ1) is 16.8. The molecule has 0 aliphatic rings. The van der Waals surface area contributed by atoms with E-state index >= 15 is 4.39 Å². The van der Waals surface area contributed by atoms with E-state index in [9.17, 15) is 79.0 Å². The lowest BCUT2D eigenvalue weighted by atomic mass is 9.77. The van der Waals surface area contributed by atoms with Gasteiger partial charge in [0.1, 0.15) is 11.1 Å². The lowest BCUT2D eigenvalue weighted by molar-refractivity contribution is -0.167. The summed E-state index contributed by atoms with van der Waals surface area (Å²) >= 11 is 0. The van der Waals surface area contributed by atoms with Gasteiger partial charge in [-0.2, -0.15) is 52.7 Å². The van der Waals surface area contributed by atoms with Crippen LogP contribution >= 0.6 is 0 Å². The smallest absolute Gasteiger partial charge is 0.233 e. The first kappa shape index (κ1) is 31.3. The van der Waals surface area contributed by atoms with Crippen LogP contribution in [0.1, 0.15) is 46.7 Å². The minimum Gasteiger partial charge on any atom is -0.233 e. The van der Waals surface area contributed by atoms with Gasteiger partial charge in [-0.3, -0.25) is 0 Å². The van der Waals surface area contributed by atoms with Gasteiger partial charge in [-0.25, -0.2) is 30.7 Å². The molecule has 0 aliphatic heterocycles. The normalized spacial score (nSPS) is 13.9. The van der Waals surface area contributed by atoms with E-state index in [4.69, 9.17) is 0 Å². The molecule has 2 rings (SSSR count). The Bertz CT molecular complexity index is 1160. The third-order valence-corrected chi connectivity index (χ3v) is 5.06. The number of benzene rings is 2. The number of halogens is 19. The predicted octanol–water partition coefficient (Wildman–Crippen LogP) is 9.22. The van der Waals surface area contributed by atoms with Gasteiger partial charge < -0.3 is 0 Å². The van der Waals surface area contributed by atoms with Crippen LogP contribution in [0.5, 0.6) is 0 Å². The predicted molar refractivity (Wildman–Crippen MR) is 84.8 cm³/mol. The molecule has 214 valence electrons. The highest BCUT2D eigenvalue weighted by molar-refractivity contribution is 5.54. The van der Waals surface area contributed by atoms with Crippen LogP contribution in [0, 0.1) is 34.9 Å². The third-order valence-electron chi connectivity index (χ3n) is 5.06. The Kier molecular flexibility index (Phi) is 7.50. The van der Waals surface area contributed by atoms with Crippen LogP contribution in [-0.4, -0.2) is 0 Å². The van der Waals surface area contributed by atoms with E-state index in [0.29, 0.717) is 0 Å². The summed E-state index contributed by atoms with van der Waals surface area (Å²) in [6.07, 6.45) is -29.6. The molecular weight excluding hydrogens is 589 g/mol. The molecule has 0 radical (unpaired) electrons. The monoisotopic (exact) mass is 594 g/mol. The van der Waals surface area contributed by atoms with Crippen molar-refractivity contribution >= 4 is 0 Å². The van der Waals surface area contributed by atoms with Crippen LogP contribution in [0.3, 0.4) is 0 Å². The zero-order valence-electron chi connectivity index (χ0n) is 17.4. The third kappa shape index (κ3) is 4.83. The Labute approximate surface area is 196 Å². The quantitative estimate of drug-likeness (QED) is 0.246. The molecule has 0 aromatic heterocycles. The van der Waals surface area contributed by atoms with Gasteiger partial charge in [0.05, 0.1) is 11.1 Å². The molecule has 0 unspecified atom stereocenters. The molecule has 0 fully saturated rings. The molecule has 0 amide bonds. The van der Waals surface area contributed by atoms with Crippen LogP contribution in [0.15, 0.2) is 0 Å². The Morgan fingerprint density at radius 1 is 0.342 bits per heavy atom. The molecule has 0 bridgehead atoms. The van der Waals surface area contributed by atoms with Crippen molar-refractivity contribution < 1.29 is 83.4 Å². The van der Waals surface area contributed by atoms with E-state index in [0.717, 1.165) is 0 Å². The summed E-state index contributed by atoms with van der Waals surface area (Å²) in [7, 11) is 0. The number of alkyl halides is 13. The molecule has 0 aliphatic carbocycles. The molecule has 0 saturated carbocycles. The van der Waals surface area contributed by atoms with Gasteiger partial charge in [-0.1, -0.05) is 6.92 Å². The highest BCUT2D eigenvalue weighted by Gasteiger charge is 2.59. The lowest BCUT2D eigenvalue weighted by Crippen LogP contribution is -2.36. The van der Waals surface area contributed by atoms with Crippen molar-refractivity contribution in [3.05, 3.63) is 68.3 Å². The van der Waals surface area contributed by atoms with Gasteiger partial charge in [0.2, 0.25) is 0 Å². The van der Waals surface area contributed by atoms with Gasteiger partial charge in [-0.15, -0.1) is 0 Å². The van der Waals surface area contributed by atoms with E-state index in [1.54, 1.807) is 0 Å². The van der Waals surface area contributed by atoms with Gasteiger partial charge in [0, 0.05) is 11.1 Å².